The molecule has 5 heteroatoms. The van der Waals surface area contributed by atoms with E-state index < -0.39 is 11.9 Å². The third-order valence-electron chi connectivity index (χ3n) is 3.31. The van der Waals surface area contributed by atoms with Crippen molar-refractivity contribution in [3.05, 3.63) is 35.9 Å². The van der Waals surface area contributed by atoms with Crippen molar-refractivity contribution in [3.8, 4) is 11.4 Å². The van der Waals surface area contributed by atoms with Crippen LogP contribution in [-0.4, -0.2) is 26.0 Å². The van der Waals surface area contributed by atoms with E-state index in [1.54, 1.807) is 12.4 Å². The predicted octanol–water partition coefficient (Wildman–Crippen LogP) is 1.98. The zero-order valence-electron chi connectivity index (χ0n) is 9.76. The highest BCUT2D eigenvalue weighted by Crippen LogP contribution is 2.32. The Morgan fingerprint density at radius 2 is 2.17 bits per heavy atom. The standard InChI is InChI=1S/C13H13N3O2/c17-13(18)9-2-1-3-10-11(9)16-12(15-10)8-4-6-14-7-5-8/h4-7,9H,1-3H2,(H,15,16)(H,17,18). The number of carbonyl (C=O) groups is 1. The van der Waals surface area contributed by atoms with E-state index in [9.17, 15) is 9.90 Å². The van der Waals surface area contributed by atoms with E-state index in [2.05, 4.69) is 15.0 Å². The third-order valence-corrected chi connectivity index (χ3v) is 3.31. The number of aromatic nitrogens is 3. The van der Waals surface area contributed by atoms with Crippen LogP contribution in [0.1, 0.15) is 30.1 Å². The van der Waals surface area contributed by atoms with E-state index in [1.165, 1.54) is 0 Å². The minimum atomic E-state index is -0.788. The number of carboxylic acid groups (broad SMARTS) is 1. The minimum Gasteiger partial charge on any atom is -0.481 e. The zero-order valence-corrected chi connectivity index (χ0v) is 9.76. The van der Waals surface area contributed by atoms with E-state index in [1.807, 2.05) is 12.1 Å². The van der Waals surface area contributed by atoms with Gasteiger partial charge in [0.1, 0.15) is 11.7 Å². The van der Waals surface area contributed by atoms with Crippen LogP contribution in [0.4, 0.5) is 0 Å². The van der Waals surface area contributed by atoms with Gasteiger partial charge >= 0.3 is 5.97 Å². The third kappa shape index (κ3) is 1.77. The Labute approximate surface area is 104 Å². The molecule has 18 heavy (non-hydrogen) atoms. The molecular weight excluding hydrogens is 230 g/mol. The Morgan fingerprint density at radius 1 is 1.39 bits per heavy atom. The van der Waals surface area contributed by atoms with Crippen LogP contribution < -0.4 is 0 Å². The number of hydrogen-bond acceptors (Lipinski definition) is 3. The summed E-state index contributed by atoms with van der Waals surface area (Å²) in [5.74, 6) is -0.528. The summed E-state index contributed by atoms with van der Waals surface area (Å²) < 4.78 is 0. The molecule has 0 saturated carbocycles. The van der Waals surface area contributed by atoms with Crippen LogP contribution in [-0.2, 0) is 11.2 Å². The van der Waals surface area contributed by atoms with Crippen LogP contribution in [0.2, 0.25) is 0 Å². The summed E-state index contributed by atoms with van der Waals surface area (Å²) in [6, 6.07) is 3.72. The maximum atomic E-state index is 11.2. The molecule has 0 aromatic carbocycles. The van der Waals surface area contributed by atoms with Gasteiger partial charge in [-0.2, -0.15) is 0 Å². The van der Waals surface area contributed by atoms with Gasteiger partial charge in [0.15, 0.2) is 0 Å². The highest BCUT2D eigenvalue weighted by atomic mass is 16.4. The molecule has 0 saturated heterocycles. The lowest BCUT2D eigenvalue weighted by Gasteiger charge is -2.16. The number of aliphatic carboxylic acids is 1. The van der Waals surface area contributed by atoms with Gasteiger partial charge in [0.05, 0.1) is 5.69 Å². The van der Waals surface area contributed by atoms with Gasteiger partial charge in [-0.05, 0) is 31.4 Å². The van der Waals surface area contributed by atoms with E-state index in [-0.39, 0.29) is 0 Å². The van der Waals surface area contributed by atoms with Gasteiger partial charge in [0, 0.05) is 23.7 Å². The lowest BCUT2D eigenvalue weighted by atomic mass is 9.90. The molecule has 0 radical (unpaired) electrons. The zero-order chi connectivity index (χ0) is 12.5. The average molecular weight is 243 g/mol. The Hall–Kier alpha value is -2.17. The molecule has 0 fully saturated rings. The van der Waals surface area contributed by atoms with E-state index in [0.29, 0.717) is 12.1 Å². The maximum absolute atomic E-state index is 11.2. The van der Waals surface area contributed by atoms with Crippen molar-refractivity contribution in [3.63, 3.8) is 0 Å². The number of carboxylic acids is 1. The van der Waals surface area contributed by atoms with Crippen LogP contribution in [0.25, 0.3) is 11.4 Å². The second-order valence-electron chi connectivity index (χ2n) is 4.47. The molecule has 2 N–H and O–H groups in total. The first-order valence-electron chi connectivity index (χ1n) is 5.97. The monoisotopic (exact) mass is 243 g/mol. The second-order valence-corrected chi connectivity index (χ2v) is 4.47. The fourth-order valence-electron chi connectivity index (χ4n) is 2.41. The molecule has 92 valence electrons. The van der Waals surface area contributed by atoms with Crippen molar-refractivity contribution in [1.29, 1.82) is 0 Å². The molecule has 0 spiro atoms. The molecule has 2 aromatic rings. The van der Waals surface area contributed by atoms with E-state index >= 15 is 0 Å². The Bertz CT molecular complexity index is 577. The summed E-state index contributed by atoms with van der Waals surface area (Å²) in [4.78, 5) is 22.9. The molecule has 0 aliphatic heterocycles. The first-order chi connectivity index (χ1) is 8.75. The Morgan fingerprint density at radius 3 is 2.89 bits per heavy atom. The molecular formula is C13H13N3O2. The first-order valence-corrected chi connectivity index (χ1v) is 5.97. The van der Waals surface area contributed by atoms with Crippen molar-refractivity contribution < 1.29 is 9.90 Å². The SMILES string of the molecule is O=C(O)C1CCCc2[nH]c(-c3ccncc3)nc21. The van der Waals surface area contributed by atoms with E-state index in [0.717, 1.165) is 29.9 Å². The van der Waals surface area contributed by atoms with Gasteiger partial charge in [0.2, 0.25) is 0 Å². The molecule has 1 atom stereocenters. The molecule has 0 amide bonds. The second kappa shape index (κ2) is 4.25. The van der Waals surface area contributed by atoms with Gasteiger partial charge in [-0.3, -0.25) is 9.78 Å². The van der Waals surface area contributed by atoms with Crippen LogP contribution in [0, 0.1) is 0 Å². The summed E-state index contributed by atoms with van der Waals surface area (Å²) in [7, 11) is 0. The molecule has 1 unspecified atom stereocenters. The van der Waals surface area contributed by atoms with Gasteiger partial charge < -0.3 is 10.1 Å². The Balaban J connectivity index is 2.04. The molecule has 2 heterocycles. The van der Waals surface area contributed by atoms with Crippen molar-refractivity contribution in [2.75, 3.05) is 0 Å². The summed E-state index contributed by atoms with van der Waals surface area (Å²) in [5.41, 5.74) is 2.59. The maximum Gasteiger partial charge on any atom is 0.312 e. The average Bonchev–Trinajstić information content (AvgIpc) is 2.83. The highest BCUT2D eigenvalue weighted by molar-refractivity contribution is 5.76. The Kier molecular flexibility index (Phi) is 2.59. The van der Waals surface area contributed by atoms with Gasteiger partial charge in [-0.25, -0.2) is 4.98 Å². The van der Waals surface area contributed by atoms with E-state index in [4.69, 9.17) is 0 Å². The van der Waals surface area contributed by atoms with Gasteiger partial charge in [-0.15, -0.1) is 0 Å². The van der Waals surface area contributed by atoms with Crippen LogP contribution in [0.15, 0.2) is 24.5 Å². The number of hydrogen-bond donors (Lipinski definition) is 2. The van der Waals surface area contributed by atoms with Crippen molar-refractivity contribution in [2.24, 2.45) is 0 Å². The fourth-order valence-corrected chi connectivity index (χ4v) is 2.41. The molecule has 1 aliphatic rings. The van der Waals surface area contributed by atoms with Crippen LogP contribution in [0.3, 0.4) is 0 Å². The quantitative estimate of drug-likeness (QED) is 0.845. The highest BCUT2D eigenvalue weighted by Gasteiger charge is 2.29. The summed E-state index contributed by atoms with van der Waals surface area (Å²) >= 11 is 0. The van der Waals surface area contributed by atoms with Crippen molar-refractivity contribution in [2.45, 2.75) is 25.2 Å². The largest absolute Gasteiger partial charge is 0.481 e. The molecule has 2 aromatic heterocycles. The first kappa shape index (κ1) is 11.0. The number of aryl methyl sites for hydroxylation is 1. The molecule has 3 rings (SSSR count). The van der Waals surface area contributed by atoms with Gasteiger partial charge in [0.25, 0.3) is 0 Å². The number of imidazole rings is 1. The summed E-state index contributed by atoms with van der Waals surface area (Å²) in [6.45, 7) is 0. The smallest absolute Gasteiger partial charge is 0.312 e. The topological polar surface area (TPSA) is 78.9 Å². The number of nitrogens with one attached hydrogen (secondary N) is 1. The normalized spacial score (nSPS) is 18.3. The number of rotatable bonds is 2. The fraction of sp³-hybridized carbons (Fsp3) is 0.308. The lowest BCUT2D eigenvalue weighted by molar-refractivity contribution is -0.139. The summed E-state index contributed by atoms with van der Waals surface area (Å²) in [5, 5.41) is 9.20. The van der Waals surface area contributed by atoms with Crippen molar-refractivity contribution in [1.82, 2.24) is 15.0 Å². The van der Waals surface area contributed by atoms with Crippen molar-refractivity contribution >= 4 is 5.97 Å². The van der Waals surface area contributed by atoms with Crippen LogP contribution >= 0.6 is 0 Å². The summed E-state index contributed by atoms with van der Waals surface area (Å²) in [6.07, 6.45) is 5.83. The predicted molar refractivity (Wildman–Crippen MR) is 65.1 cm³/mol. The van der Waals surface area contributed by atoms with Gasteiger partial charge in [-0.1, -0.05) is 0 Å². The number of nitrogens with zero attached hydrogens (tertiary/aromatic N) is 2. The molecule has 5 nitrogen and oxygen atoms in total. The number of fused-ring (bicyclic) bond motifs is 1. The number of pyridine rings is 1. The molecule has 0 bridgehead atoms. The van der Waals surface area contributed by atoms with Crippen LogP contribution in [0.5, 0.6) is 0 Å². The molecule has 1 aliphatic carbocycles. The number of H-pyrrole nitrogens is 1. The number of aromatic amines is 1. The lowest BCUT2D eigenvalue weighted by Crippen LogP contribution is -2.17. The minimum absolute atomic E-state index is 0.472.